The van der Waals surface area contributed by atoms with E-state index in [0.29, 0.717) is 35.1 Å². The molecule has 144 valence electrons. The first-order valence-electron chi connectivity index (χ1n) is 8.91. The van der Waals surface area contributed by atoms with Crippen molar-refractivity contribution in [3.8, 4) is 0 Å². The third-order valence-corrected chi connectivity index (χ3v) is 6.48. The van der Waals surface area contributed by atoms with Crippen LogP contribution in [0.25, 0.3) is 0 Å². The molecule has 3 aromatic rings. The van der Waals surface area contributed by atoms with E-state index in [0.717, 1.165) is 16.3 Å². The number of thiophene rings is 1. The van der Waals surface area contributed by atoms with Gasteiger partial charge in [-0.3, -0.25) is 14.9 Å². The zero-order valence-electron chi connectivity index (χ0n) is 15.6. The van der Waals surface area contributed by atoms with Crippen molar-refractivity contribution < 1.29 is 9.59 Å². The lowest BCUT2D eigenvalue weighted by Crippen LogP contribution is -2.35. The van der Waals surface area contributed by atoms with E-state index in [1.54, 1.807) is 6.07 Å². The smallest absolute Gasteiger partial charge is 0.267 e. The minimum Gasteiger partial charge on any atom is -0.378 e. The van der Waals surface area contributed by atoms with Gasteiger partial charge in [-0.05, 0) is 35.7 Å². The average Bonchev–Trinajstić information content (AvgIpc) is 3.36. The largest absolute Gasteiger partial charge is 0.378 e. The molecule has 0 spiro atoms. The van der Waals surface area contributed by atoms with Crippen molar-refractivity contribution in [2.24, 2.45) is 0 Å². The minimum atomic E-state index is -0.144. The third kappa shape index (κ3) is 3.79. The quantitative estimate of drug-likeness (QED) is 0.709. The summed E-state index contributed by atoms with van der Waals surface area (Å²) in [4.78, 5) is 35.2. The molecule has 1 aliphatic rings. The average molecular weight is 413 g/mol. The number of benzene rings is 1. The van der Waals surface area contributed by atoms with E-state index in [1.165, 1.54) is 22.7 Å². The lowest BCUT2D eigenvalue weighted by atomic mass is 10.1. The van der Waals surface area contributed by atoms with E-state index in [1.807, 2.05) is 59.6 Å². The van der Waals surface area contributed by atoms with Crippen molar-refractivity contribution in [1.82, 2.24) is 9.88 Å². The second kappa shape index (κ2) is 7.73. The number of fused-ring (bicyclic) bond motifs is 1. The maximum absolute atomic E-state index is 12.9. The zero-order valence-corrected chi connectivity index (χ0v) is 17.3. The van der Waals surface area contributed by atoms with Gasteiger partial charge in [0.1, 0.15) is 0 Å². The van der Waals surface area contributed by atoms with Crippen LogP contribution in [-0.2, 0) is 13.0 Å². The number of carbonyl (C=O) groups is 2. The molecule has 2 amide bonds. The highest BCUT2D eigenvalue weighted by molar-refractivity contribution is 7.16. The number of amides is 2. The van der Waals surface area contributed by atoms with Gasteiger partial charge in [-0.25, -0.2) is 4.98 Å². The maximum atomic E-state index is 12.9. The lowest BCUT2D eigenvalue weighted by Gasteiger charge is -2.26. The molecule has 28 heavy (non-hydrogen) atoms. The highest BCUT2D eigenvalue weighted by Gasteiger charge is 2.25. The van der Waals surface area contributed by atoms with Gasteiger partial charge in [0, 0.05) is 43.2 Å². The fourth-order valence-corrected chi connectivity index (χ4v) is 4.71. The number of rotatable bonds is 4. The molecule has 0 radical (unpaired) electrons. The lowest BCUT2D eigenvalue weighted by molar-refractivity contribution is 0.0736. The molecular formula is C20H20N4O2S2. The van der Waals surface area contributed by atoms with Crippen molar-refractivity contribution in [2.45, 2.75) is 13.0 Å². The standard InChI is InChI=1S/C20H20N4O2S2/c1-23(2)14-7-5-13(6-8-14)19(26)24-10-9-15-17(12-24)28-20(21-15)22-18(25)16-4-3-11-27-16/h3-8,11H,9-10,12H2,1-2H3,(H,21,22,25). The molecule has 0 bridgehead atoms. The molecular weight excluding hydrogens is 392 g/mol. The monoisotopic (exact) mass is 412 g/mol. The van der Waals surface area contributed by atoms with Crippen molar-refractivity contribution >= 4 is 45.3 Å². The Morgan fingerprint density at radius 1 is 1.18 bits per heavy atom. The highest BCUT2D eigenvalue weighted by Crippen LogP contribution is 2.29. The fraction of sp³-hybridized carbons (Fsp3) is 0.250. The van der Waals surface area contributed by atoms with Crippen molar-refractivity contribution in [3.63, 3.8) is 0 Å². The molecule has 1 aromatic carbocycles. The summed E-state index contributed by atoms with van der Waals surface area (Å²) in [7, 11) is 3.95. The predicted molar refractivity (Wildman–Crippen MR) is 114 cm³/mol. The Morgan fingerprint density at radius 2 is 1.96 bits per heavy atom. The van der Waals surface area contributed by atoms with Crippen molar-refractivity contribution in [1.29, 1.82) is 0 Å². The Labute approximate surface area is 171 Å². The second-order valence-electron chi connectivity index (χ2n) is 6.74. The Hall–Kier alpha value is -2.71. The predicted octanol–water partition coefficient (Wildman–Crippen LogP) is 3.72. The Morgan fingerprint density at radius 3 is 2.64 bits per heavy atom. The summed E-state index contributed by atoms with van der Waals surface area (Å²) in [6.45, 7) is 1.15. The highest BCUT2D eigenvalue weighted by atomic mass is 32.1. The topological polar surface area (TPSA) is 65.5 Å². The number of carbonyl (C=O) groups excluding carboxylic acids is 2. The molecule has 1 N–H and O–H groups in total. The van der Waals surface area contributed by atoms with Gasteiger partial charge in [-0.15, -0.1) is 11.3 Å². The molecule has 6 nitrogen and oxygen atoms in total. The molecule has 0 saturated carbocycles. The van der Waals surface area contributed by atoms with Crippen LogP contribution in [0, 0.1) is 0 Å². The van der Waals surface area contributed by atoms with Crippen LogP contribution in [0.5, 0.6) is 0 Å². The van der Waals surface area contributed by atoms with Gasteiger partial charge >= 0.3 is 0 Å². The number of thiazole rings is 1. The number of nitrogens with zero attached hydrogens (tertiary/aromatic N) is 3. The molecule has 0 aliphatic carbocycles. The molecule has 1 aliphatic heterocycles. The van der Waals surface area contributed by atoms with Gasteiger partial charge in [-0.1, -0.05) is 17.4 Å². The Bertz CT molecular complexity index is 994. The van der Waals surface area contributed by atoms with Gasteiger partial charge in [0.2, 0.25) is 0 Å². The molecule has 8 heteroatoms. The van der Waals surface area contributed by atoms with Crippen LogP contribution >= 0.6 is 22.7 Å². The Kier molecular flexibility index (Phi) is 5.15. The van der Waals surface area contributed by atoms with Gasteiger partial charge < -0.3 is 9.80 Å². The first-order chi connectivity index (χ1) is 13.5. The molecule has 0 saturated heterocycles. The van der Waals surface area contributed by atoms with Gasteiger partial charge in [-0.2, -0.15) is 0 Å². The van der Waals surface area contributed by atoms with Crippen LogP contribution in [-0.4, -0.2) is 42.3 Å². The first kappa shape index (κ1) is 18.6. The van der Waals surface area contributed by atoms with Crippen LogP contribution in [0.1, 0.15) is 30.6 Å². The third-order valence-electron chi connectivity index (χ3n) is 4.61. The molecule has 4 rings (SSSR count). The SMILES string of the molecule is CN(C)c1ccc(C(=O)N2CCc3nc(NC(=O)c4cccs4)sc3C2)cc1. The van der Waals surface area contributed by atoms with E-state index in [4.69, 9.17) is 0 Å². The van der Waals surface area contributed by atoms with E-state index < -0.39 is 0 Å². The van der Waals surface area contributed by atoms with E-state index in [-0.39, 0.29) is 11.8 Å². The number of aromatic nitrogens is 1. The first-order valence-corrected chi connectivity index (χ1v) is 10.6. The van der Waals surface area contributed by atoms with E-state index >= 15 is 0 Å². The summed E-state index contributed by atoms with van der Waals surface area (Å²) in [5.74, 6) is -0.122. The normalized spacial score (nSPS) is 13.1. The van der Waals surface area contributed by atoms with E-state index in [9.17, 15) is 9.59 Å². The molecule has 0 atom stereocenters. The minimum absolute atomic E-state index is 0.0218. The summed E-state index contributed by atoms with van der Waals surface area (Å²) in [6, 6.07) is 11.3. The molecule has 0 unspecified atom stereocenters. The van der Waals surface area contributed by atoms with Crippen LogP contribution < -0.4 is 10.2 Å². The molecule has 0 fully saturated rings. The number of hydrogen-bond acceptors (Lipinski definition) is 6. The van der Waals surface area contributed by atoms with E-state index in [2.05, 4.69) is 10.3 Å². The summed E-state index contributed by atoms with van der Waals surface area (Å²) in [5, 5.41) is 5.33. The molecule has 3 heterocycles. The second-order valence-corrected chi connectivity index (χ2v) is 8.77. The number of nitrogens with one attached hydrogen (secondary N) is 1. The Balaban J connectivity index is 1.45. The summed E-state index contributed by atoms with van der Waals surface area (Å²) in [6.07, 6.45) is 0.697. The van der Waals surface area contributed by atoms with Crippen LogP contribution in [0.4, 0.5) is 10.8 Å². The number of anilines is 2. The molecule has 2 aromatic heterocycles. The van der Waals surface area contributed by atoms with Crippen LogP contribution in [0.3, 0.4) is 0 Å². The maximum Gasteiger partial charge on any atom is 0.267 e. The summed E-state index contributed by atoms with van der Waals surface area (Å²) in [5.41, 5.74) is 2.72. The van der Waals surface area contributed by atoms with Crippen molar-refractivity contribution in [3.05, 3.63) is 62.8 Å². The summed E-state index contributed by atoms with van der Waals surface area (Å²) < 4.78 is 0. The summed E-state index contributed by atoms with van der Waals surface area (Å²) >= 11 is 2.84. The van der Waals surface area contributed by atoms with Crippen LogP contribution in [0.2, 0.25) is 0 Å². The number of hydrogen-bond donors (Lipinski definition) is 1. The zero-order chi connectivity index (χ0) is 19.7. The van der Waals surface area contributed by atoms with Gasteiger partial charge in [0.05, 0.1) is 17.1 Å². The van der Waals surface area contributed by atoms with Gasteiger partial charge in [0.25, 0.3) is 11.8 Å². The fourth-order valence-electron chi connectivity index (χ4n) is 3.07. The van der Waals surface area contributed by atoms with Crippen LogP contribution in [0.15, 0.2) is 41.8 Å². The van der Waals surface area contributed by atoms with Crippen molar-refractivity contribution in [2.75, 3.05) is 30.9 Å². The van der Waals surface area contributed by atoms with Gasteiger partial charge in [0.15, 0.2) is 5.13 Å².